The number of nitrogens with one attached hydrogen (secondary N) is 1. The summed E-state index contributed by atoms with van der Waals surface area (Å²) in [4.78, 5) is 20.2. The Bertz CT molecular complexity index is 479. The van der Waals surface area contributed by atoms with E-state index in [9.17, 15) is 4.79 Å². The molecule has 0 spiro atoms. The highest BCUT2D eigenvalue weighted by Crippen LogP contribution is 2.26. The number of rotatable bonds is 4. The first-order chi connectivity index (χ1) is 9.45. The van der Waals surface area contributed by atoms with Crippen molar-refractivity contribution in [1.29, 1.82) is 0 Å². The Hall–Kier alpha value is -1.65. The highest BCUT2D eigenvalue weighted by Gasteiger charge is 2.24. The summed E-state index contributed by atoms with van der Waals surface area (Å²) < 4.78 is 0. The van der Waals surface area contributed by atoms with Gasteiger partial charge in [0.05, 0.1) is 0 Å². The molecule has 0 unspecified atom stereocenters. The lowest BCUT2D eigenvalue weighted by atomic mass is 9.85. The number of hydrogen-bond donors (Lipinski definition) is 2. The molecule has 0 atom stereocenters. The number of nitrogens with two attached hydrogens (primary N) is 1. The van der Waals surface area contributed by atoms with E-state index in [1.807, 2.05) is 13.0 Å². The lowest BCUT2D eigenvalue weighted by molar-refractivity contribution is -0.122. The Balaban J connectivity index is 1.99. The van der Waals surface area contributed by atoms with Gasteiger partial charge in [0.15, 0.2) is 0 Å². The van der Waals surface area contributed by atoms with Crippen molar-refractivity contribution in [2.45, 2.75) is 58.4 Å². The lowest BCUT2D eigenvalue weighted by Crippen LogP contribution is -2.32. The normalized spacial score (nSPS) is 22.8. The van der Waals surface area contributed by atoms with Crippen LogP contribution in [0.4, 0.5) is 5.82 Å². The summed E-state index contributed by atoms with van der Waals surface area (Å²) in [7, 11) is 0. The number of amides is 1. The molecule has 110 valence electrons. The Morgan fingerprint density at radius 1 is 1.30 bits per heavy atom. The number of aromatic nitrogens is 2. The van der Waals surface area contributed by atoms with Crippen LogP contribution in [0.3, 0.4) is 0 Å². The Morgan fingerprint density at radius 3 is 2.50 bits per heavy atom. The first-order valence-electron chi connectivity index (χ1n) is 7.37. The average molecular weight is 276 g/mol. The van der Waals surface area contributed by atoms with Gasteiger partial charge in [-0.2, -0.15) is 0 Å². The predicted molar refractivity (Wildman–Crippen MR) is 79.4 cm³/mol. The number of carbonyl (C=O) groups is 1. The Morgan fingerprint density at radius 2 is 1.95 bits per heavy atom. The SMILES string of the molecule is Cc1cc(NC2CCC(C(N)=O)CC2)nc(C(C)C)n1. The molecular weight excluding hydrogens is 252 g/mol. The molecule has 1 heterocycles. The average Bonchev–Trinajstić information content (AvgIpc) is 2.38. The van der Waals surface area contributed by atoms with Crippen molar-refractivity contribution < 1.29 is 4.79 Å². The third-order valence-corrected chi connectivity index (χ3v) is 3.87. The molecule has 1 aliphatic rings. The quantitative estimate of drug-likeness (QED) is 0.884. The van der Waals surface area contributed by atoms with Crippen LogP contribution in [0.1, 0.15) is 57.0 Å². The van der Waals surface area contributed by atoms with E-state index in [1.165, 1.54) is 0 Å². The van der Waals surface area contributed by atoms with Crippen LogP contribution in [0.15, 0.2) is 6.07 Å². The molecule has 1 saturated carbocycles. The van der Waals surface area contributed by atoms with E-state index in [1.54, 1.807) is 0 Å². The van der Waals surface area contributed by atoms with Crippen LogP contribution in [0.2, 0.25) is 0 Å². The molecule has 1 aromatic rings. The van der Waals surface area contributed by atoms with Crippen LogP contribution in [0.5, 0.6) is 0 Å². The summed E-state index contributed by atoms with van der Waals surface area (Å²) >= 11 is 0. The summed E-state index contributed by atoms with van der Waals surface area (Å²) in [6.45, 7) is 6.18. The van der Waals surface area contributed by atoms with Crippen molar-refractivity contribution in [2.75, 3.05) is 5.32 Å². The first kappa shape index (κ1) is 14.8. The molecule has 0 radical (unpaired) electrons. The minimum atomic E-state index is -0.163. The molecule has 0 saturated heterocycles. The van der Waals surface area contributed by atoms with Gasteiger partial charge in [-0.15, -0.1) is 0 Å². The molecule has 1 aromatic heterocycles. The molecule has 0 aromatic carbocycles. The van der Waals surface area contributed by atoms with Gasteiger partial charge in [0, 0.05) is 29.6 Å². The van der Waals surface area contributed by atoms with Crippen molar-refractivity contribution in [3.8, 4) is 0 Å². The van der Waals surface area contributed by atoms with Gasteiger partial charge in [0.2, 0.25) is 5.91 Å². The molecule has 1 amide bonds. The molecule has 0 aliphatic heterocycles. The molecule has 3 N–H and O–H groups in total. The highest BCUT2D eigenvalue weighted by atomic mass is 16.1. The van der Waals surface area contributed by atoms with E-state index >= 15 is 0 Å². The van der Waals surface area contributed by atoms with Crippen LogP contribution in [0, 0.1) is 12.8 Å². The van der Waals surface area contributed by atoms with E-state index in [4.69, 9.17) is 5.73 Å². The third kappa shape index (κ3) is 3.68. The van der Waals surface area contributed by atoms with Crippen molar-refractivity contribution >= 4 is 11.7 Å². The summed E-state index contributed by atoms with van der Waals surface area (Å²) in [5.74, 6) is 1.97. The van der Waals surface area contributed by atoms with E-state index in [0.29, 0.717) is 12.0 Å². The minimum absolute atomic E-state index is 0.0476. The number of anilines is 1. The fourth-order valence-corrected chi connectivity index (χ4v) is 2.66. The van der Waals surface area contributed by atoms with Crippen LogP contribution >= 0.6 is 0 Å². The number of nitrogens with zero attached hydrogens (tertiary/aromatic N) is 2. The van der Waals surface area contributed by atoms with Gasteiger partial charge < -0.3 is 11.1 Å². The summed E-state index contributed by atoms with van der Waals surface area (Å²) in [6, 6.07) is 2.35. The molecule has 20 heavy (non-hydrogen) atoms. The second-order valence-electron chi connectivity index (χ2n) is 6.00. The number of aryl methyl sites for hydroxylation is 1. The summed E-state index contributed by atoms with van der Waals surface area (Å²) in [6.07, 6.45) is 3.67. The molecule has 0 bridgehead atoms. The van der Waals surface area contributed by atoms with Crippen LogP contribution in [-0.4, -0.2) is 21.9 Å². The topological polar surface area (TPSA) is 80.9 Å². The molecular formula is C15H24N4O. The highest BCUT2D eigenvalue weighted by molar-refractivity contribution is 5.76. The van der Waals surface area contributed by atoms with Gasteiger partial charge in [0.1, 0.15) is 11.6 Å². The monoisotopic (exact) mass is 276 g/mol. The first-order valence-corrected chi connectivity index (χ1v) is 7.37. The zero-order chi connectivity index (χ0) is 14.7. The van der Waals surface area contributed by atoms with Gasteiger partial charge in [-0.25, -0.2) is 9.97 Å². The fourth-order valence-electron chi connectivity index (χ4n) is 2.66. The summed E-state index contributed by atoms with van der Waals surface area (Å²) in [5.41, 5.74) is 6.34. The zero-order valence-corrected chi connectivity index (χ0v) is 12.5. The Labute approximate surface area is 120 Å². The number of hydrogen-bond acceptors (Lipinski definition) is 4. The van der Waals surface area contributed by atoms with Crippen molar-refractivity contribution in [2.24, 2.45) is 11.7 Å². The fraction of sp³-hybridized carbons (Fsp3) is 0.667. The maximum atomic E-state index is 11.2. The van der Waals surface area contributed by atoms with Crippen molar-refractivity contribution in [1.82, 2.24) is 9.97 Å². The van der Waals surface area contributed by atoms with Crippen LogP contribution in [-0.2, 0) is 4.79 Å². The van der Waals surface area contributed by atoms with E-state index in [-0.39, 0.29) is 11.8 Å². The summed E-state index contributed by atoms with van der Waals surface area (Å²) in [5, 5.41) is 3.47. The van der Waals surface area contributed by atoms with E-state index in [0.717, 1.165) is 43.0 Å². The van der Waals surface area contributed by atoms with E-state index in [2.05, 4.69) is 29.1 Å². The molecule has 5 heteroatoms. The standard InChI is InChI=1S/C15H24N4O/c1-9(2)15-17-10(3)8-13(19-15)18-12-6-4-11(5-7-12)14(16)20/h8-9,11-12H,4-7H2,1-3H3,(H2,16,20)(H,17,18,19). The van der Waals surface area contributed by atoms with Gasteiger partial charge in [-0.1, -0.05) is 13.8 Å². The van der Waals surface area contributed by atoms with Gasteiger partial charge in [0.25, 0.3) is 0 Å². The smallest absolute Gasteiger partial charge is 0.220 e. The second kappa shape index (κ2) is 6.20. The van der Waals surface area contributed by atoms with Gasteiger partial charge >= 0.3 is 0 Å². The predicted octanol–water partition coefficient (Wildman–Crippen LogP) is 2.36. The van der Waals surface area contributed by atoms with Gasteiger partial charge in [-0.05, 0) is 32.6 Å². The lowest BCUT2D eigenvalue weighted by Gasteiger charge is -2.28. The molecule has 1 fully saturated rings. The van der Waals surface area contributed by atoms with Crippen LogP contribution < -0.4 is 11.1 Å². The molecule has 2 rings (SSSR count). The van der Waals surface area contributed by atoms with Crippen molar-refractivity contribution in [3.63, 3.8) is 0 Å². The van der Waals surface area contributed by atoms with Crippen molar-refractivity contribution in [3.05, 3.63) is 17.6 Å². The van der Waals surface area contributed by atoms with E-state index < -0.39 is 0 Å². The Kier molecular flexibility index (Phi) is 4.57. The van der Waals surface area contributed by atoms with Gasteiger partial charge in [-0.3, -0.25) is 4.79 Å². The minimum Gasteiger partial charge on any atom is -0.369 e. The maximum Gasteiger partial charge on any atom is 0.220 e. The van der Waals surface area contributed by atoms with Crippen LogP contribution in [0.25, 0.3) is 0 Å². The second-order valence-corrected chi connectivity index (χ2v) is 6.00. The number of primary amides is 1. The largest absolute Gasteiger partial charge is 0.369 e. The molecule has 5 nitrogen and oxygen atoms in total. The molecule has 1 aliphatic carbocycles. The number of carbonyl (C=O) groups excluding carboxylic acids is 1. The third-order valence-electron chi connectivity index (χ3n) is 3.87. The maximum absolute atomic E-state index is 11.2. The zero-order valence-electron chi connectivity index (χ0n) is 12.5.